The van der Waals surface area contributed by atoms with Gasteiger partial charge in [-0.1, -0.05) is 18.6 Å². The van der Waals surface area contributed by atoms with E-state index in [1.807, 2.05) is 0 Å². The Balaban J connectivity index is 1.23. The van der Waals surface area contributed by atoms with Crippen molar-refractivity contribution in [2.45, 2.75) is 45.1 Å². The molecule has 4 rings (SSSR count). The monoisotopic (exact) mass is 488 g/mol. The third-order valence-electron chi connectivity index (χ3n) is 6.15. The van der Waals surface area contributed by atoms with E-state index in [1.54, 1.807) is 43.3 Å². The molecule has 2 aliphatic rings. The van der Waals surface area contributed by atoms with E-state index in [-0.39, 0.29) is 29.7 Å². The molecule has 1 fully saturated rings. The highest BCUT2D eigenvalue weighted by Crippen LogP contribution is 2.30. The molecular weight excluding hydrogens is 459 g/mol. The number of nitrogens with one attached hydrogen (secondary N) is 1. The number of unbranched alkanes of at least 4 members (excludes halogenated alkanes) is 2. The van der Waals surface area contributed by atoms with E-state index in [2.05, 4.69) is 4.72 Å². The van der Waals surface area contributed by atoms with E-state index in [4.69, 9.17) is 4.74 Å². The smallest absolute Gasteiger partial charge is 0.261 e. The molecule has 0 bridgehead atoms. The number of nitrogens with zero attached hydrogens (tertiary/aromatic N) is 1. The third-order valence-corrected chi connectivity index (χ3v) is 7.68. The van der Waals surface area contributed by atoms with Crippen molar-refractivity contribution >= 4 is 21.8 Å². The first-order valence-electron chi connectivity index (χ1n) is 11.6. The quantitative estimate of drug-likeness (QED) is 0.359. The summed E-state index contributed by atoms with van der Waals surface area (Å²) in [6.07, 6.45) is 3.68. The summed E-state index contributed by atoms with van der Waals surface area (Å²) in [5.74, 6) is -0.152. The van der Waals surface area contributed by atoms with Gasteiger partial charge >= 0.3 is 0 Å². The molecule has 7 nitrogen and oxygen atoms in total. The molecule has 1 N–H and O–H groups in total. The largest absolute Gasteiger partial charge is 0.493 e. The molecule has 2 aromatic rings. The van der Waals surface area contributed by atoms with Gasteiger partial charge in [-0.2, -0.15) is 0 Å². The van der Waals surface area contributed by atoms with Gasteiger partial charge in [0.1, 0.15) is 11.6 Å². The van der Waals surface area contributed by atoms with Crippen LogP contribution in [0.15, 0.2) is 42.5 Å². The number of hydrogen-bond acceptors (Lipinski definition) is 5. The van der Waals surface area contributed by atoms with E-state index >= 15 is 0 Å². The lowest BCUT2D eigenvalue weighted by atomic mass is 10.1. The number of hydrogen-bond donors (Lipinski definition) is 1. The van der Waals surface area contributed by atoms with E-state index in [0.29, 0.717) is 48.7 Å². The fourth-order valence-corrected chi connectivity index (χ4v) is 5.38. The minimum Gasteiger partial charge on any atom is -0.493 e. The highest BCUT2D eigenvalue weighted by molar-refractivity contribution is 7.89. The number of rotatable bonds is 12. The summed E-state index contributed by atoms with van der Waals surface area (Å²) >= 11 is 0. The summed E-state index contributed by atoms with van der Waals surface area (Å²) in [6, 6.07) is 10.4. The van der Waals surface area contributed by atoms with Gasteiger partial charge in [0.15, 0.2) is 0 Å². The number of carbonyl (C=O) groups is 2. The molecule has 2 aromatic carbocycles. The number of benzene rings is 2. The van der Waals surface area contributed by atoms with Crippen molar-refractivity contribution in [3.63, 3.8) is 0 Å². The topological polar surface area (TPSA) is 92.8 Å². The average Bonchev–Trinajstić information content (AvgIpc) is 3.60. The number of imide groups is 1. The van der Waals surface area contributed by atoms with Crippen LogP contribution >= 0.6 is 0 Å². The molecule has 0 saturated heterocycles. The maximum atomic E-state index is 14.3. The fraction of sp³-hybridized carbons (Fsp3) is 0.440. The molecule has 2 amide bonds. The van der Waals surface area contributed by atoms with Crippen LogP contribution in [0.3, 0.4) is 0 Å². The molecule has 1 saturated carbocycles. The average molecular weight is 489 g/mol. The van der Waals surface area contributed by atoms with Gasteiger partial charge in [-0.05, 0) is 68.9 Å². The fourth-order valence-electron chi connectivity index (χ4n) is 4.01. The Hall–Kier alpha value is -2.78. The predicted octanol–water partition coefficient (Wildman–Crippen LogP) is 4.06. The van der Waals surface area contributed by atoms with Crippen molar-refractivity contribution in [1.82, 2.24) is 9.62 Å². The lowest BCUT2D eigenvalue weighted by Crippen LogP contribution is -2.31. The van der Waals surface area contributed by atoms with Gasteiger partial charge < -0.3 is 4.74 Å². The van der Waals surface area contributed by atoms with E-state index in [0.717, 1.165) is 12.8 Å². The maximum Gasteiger partial charge on any atom is 0.261 e. The van der Waals surface area contributed by atoms with Crippen LogP contribution in [-0.2, 0) is 10.0 Å². The van der Waals surface area contributed by atoms with Crippen LogP contribution < -0.4 is 9.46 Å². The first kappa shape index (κ1) is 24.3. The number of carbonyl (C=O) groups excluding carboxylic acids is 2. The molecule has 1 aliphatic carbocycles. The normalized spacial score (nSPS) is 16.6. The number of sulfonamides is 1. The van der Waals surface area contributed by atoms with Crippen molar-refractivity contribution in [1.29, 1.82) is 0 Å². The van der Waals surface area contributed by atoms with Gasteiger partial charge in [0.05, 0.1) is 23.5 Å². The van der Waals surface area contributed by atoms with E-state index in [1.165, 1.54) is 11.0 Å². The molecule has 0 unspecified atom stereocenters. The Morgan fingerprint density at radius 2 is 1.74 bits per heavy atom. The Labute approximate surface area is 199 Å². The molecule has 1 heterocycles. The standard InChI is InChI=1S/C25H29FN2O5S/c1-17(22-15-19(11-12-23(22)26)33-16-18-9-10-18)27-34(31,32)14-6-2-5-13-28-24(29)20-7-3-4-8-21(20)25(28)30/h3-4,7-8,11-12,15,17-18,27H,2,5-6,9-10,13-14,16H2,1H3/t17-/m0/s1. The minimum atomic E-state index is -3.64. The first-order chi connectivity index (χ1) is 16.2. The SMILES string of the molecule is C[C@H](NS(=O)(=O)CCCCCN1C(=O)c2ccccc2C1=O)c1cc(OCC2CC2)ccc1F. The van der Waals surface area contributed by atoms with Crippen LogP contribution in [-0.4, -0.2) is 44.0 Å². The van der Waals surface area contributed by atoms with Crippen molar-refractivity contribution in [2.24, 2.45) is 5.92 Å². The Morgan fingerprint density at radius 1 is 1.06 bits per heavy atom. The van der Waals surface area contributed by atoms with Gasteiger partial charge in [-0.3, -0.25) is 14.5 Å². The zero-order valence-electron chi connectivity index (χ0n) is 19.1. The number of amides is 2. The maximum absolute atomic E-state index is 14.3. The summed E-state index contributed by atoms with van der Waals surface area (Å²) in [5, 5.41) is 0. The summed E-state index contributed by atoms with van der Waals surface area (Å²) < 4.78 is 47.6. The van der Waals surface area contributed by atoms with Crippen molar-refractivity contribution in [3.8, 4) is 5.75 Å². The third kappa shape index (κ3) is 5.82. The first-order valence-corrected chi connectivity index (χ1v) is 13.3. The van der Waals surface area contributed by atoms with E-state index < -0.39 is 21.9 Å². The molecule has 9 heteroatoms. The highest BCUT2D eigenvalue weighted by Gasteiger charge is 2.34. The summed E-state index contributed by atoms with van der Waals surface area (Å²) in [6.45, 7) is 2.43. The summed E-state index contributed by atoms with van der Waals surface area (Å²) in [7, 11) is -3.64. The predicted molar refractivity (Wildman–Crippen MR) is 126 cm³/mol. The van der Waals surface area contributed by atoms with Crippen LogP contribution in [0.1, 0.15) is 71.3 Å². The van der Waals surface area contributed by atoms with Crippen molar-refractivity contribution < 1.29 is 27.1 Å². The lowest BCUT2D eigenvalue weighted by molar-refractivity contribution is 0.0651. The molecule has 0 spiro atoms. The number of ether oxygens (including phenoxy) is 1. The lowest BCUT2D eigenvalue weighted by Gasteiger charge is -2.17. The van der Waals surface area contributed by atoms with Crippen LogP contribution in [0.5, 0.6) is 5.75 Å². The Morgan fingerprint density at radius 3 is 2.38 bits per heavy atom. The molecule has 0 radical (unpaired) electrons. The molecule has 34 heavy (non-hydrogen) atoms. The second-order valence-electron chi connectivity index (χ2n) is 8.96. The second-order valence-corrected chi connectivity index (χ2v) is 10.8. The van der Waals surface area contributed by atoms with Crippen LogP contribution in [0.4, 0.5) is 4.39 Å². The second kappa shape index (κ2) is 10.2. The van der Waals surface area contributed by atoms with Gasteiger partial charge in [0.25, 0.3) is 11.8 Å². The molecule has 182 valence electrons. The van der Waals surface area contributed by atoms with Crippen LogP contribution in [0.2, 0.25) is 0 Å². The van der Waals surface area contributed by atoms with Crippen LogP contribution in [0, 0.1) is 11.7 Å². The minimum absolute atomic E-state index is 0.126. The summed E-state index contributed by atoms with van der Waals surface area (Å²) in [5.41, 5.74) is 1.05. The van der Waals surface area contributed by atoms with Gasteiger partial charge in [-0.25, -0.2) is 17.5 Å². The van der Waals surface area contributed by atoms with E-state index in [9.17, 15) is 22.4 Å². The van der Waals surface area contributed by atoms with Crippen LogP contribution in [0.25, 0.3) is 0 Å². The van der Waals surface area contributed by atoms with Crippen molar-refractivity contribution in [2.75, 3.05) is 18.9 Å². The molecule has 1 aliphatic heterocycles. The van der Waals surface area contributed by atoms with Gasteiger partial charge in [0.2, 0.25) is 10.0 Å². The number of fused-ring (bicyclic) bond motifs is 1. The zero-order chi connectivity index (χ0) is 24.3. The number of halogens is 1. The molecule has 0 aromatic heterocycles. The van der Waals surface area contributed by atoms with Crippen molar-refractivity contribution in [3.05, 3.63) is 65.0 Å². The highest BCUT2D eigenvalue weighted by atomic mass is 32.2. The Kier molecular flexibility index (Phi) is 7.33. The zero-order valence-corrected chi connectivity index (χ0v) is 19.9. The molecular formula is C25H29FN2O5S. The summed E-state index contributed by atoms with van der Waals surface area (Å²) in [4.78, 5) is 26.0. The molecule has 1 atom stereocenters. The van der Waals surface area contributed by atoms with Gasteiger partial charge in [0, 0.05) is 18.2 Å². The Bertz CT molecular complexity index is 1140. The van der Waals surface area contributed by atoms with Gasteiger partial charge in [-0.15, -0.1) is 0 Å².